The number of aryl methyl sites for hydroxylation is 2. The van der Waals surface area contributed by atoms with E-state index in [9.17, 15) is 0 Å². The summed E-state index contributed by atoms with van der Waals surface area (Å²) in [5, 5.41) is 0. The van der Waals surface area contributed by atoms with E-state index in [-0.39, 0.29) is 6.71 Å². The van der Waals surface area contributed by atoms with E-state index in [1.807, 2.05) is 0 Å². The second-order valence-corrected chi connectivity index (χ2v) is 21.8. The molecule has 4 aliphatic carbocycles. The molecule has 17 rings (SSSR count). The van der Waals surface area contributed by atoms with Gasteiger partial charge < -0.3 is 9.80 Å². The molecule has 0 fully saturated rings. The van der Waals surface area contributed by atoms with Crippen LogP contribution >= 0.6 is 11.3 Å². The maximum absolute atomic E-state index is 2.69. The van der Waals surface area contributed by atoms with Crippen LogP contribution < -0.4 is 25.5 Å². The van der Waals surface area contributed by atoms with Gasteiger partial charge in [-0.25, -0.2) is 0 Å². The summed E-state index contributed by atoms with van der Waals surface area (Å²) >= 11 is 2.07. The Hall–Kier alpha value is -8.44. The fourth-order valence-electron chi connectivity index (χ4n) is 14.7. The Morgan fingerprint density at radius 1 is 0.361 bits per heavy atom. The lowest BCUT2D eigenvalue weighted by Gasteiger charge is -2.44. The van der Waals surface area contributed by atoms with Gasteiger partial charge in [-0.1, -0.05) is 193 Å². The van der Waals surface area contributed by atoms with E-state index in [1.54, 1.807) is 0 Å². The maximum atomic E-state index is 2.69. The van der Waals surface area contributed by atoms with E-state index in [2.05, 4.69) is 259 Å². The normalized spacial score (nSPS) is 15.2. The highest BCUT2D eigenvalue weighted by molar-refractivity contribution is 7.30. The molecular weight excluding hydrogens is 888 g/mol. The zero-order valence-electron chi connectivity index (χ0n) is 39.7. The van der Waals surface area contributed by atoms with Gasteiger partial charge in [-0.3, -0.25) is 0 Å². The van der Waals surface area contributed by atoms with Crippen LogP contribution in [0.4, 0.5) is 34.1 Å². The second kappa shape index (κ2) is 13.7. The zero-order valence-corrected chi connectivity index (χ0v) is 40.6. The molecule has 10 aromatic carbocycles. The van der Waals surface area contributed by atoms with Crippen molar-refractivity contribution in [2.45, 2.75) is 24.7 Å². The number of nitrogens with zero attached hydrogens (tertiary/aromatic N) is 2. The Balaban J connectivity index is 1.04. The minimum Gasteiger partial charge on any atom is -0.311 e. The summed E-state index contributed by atoms with van der Waals surface area (Å²) in [6.45, 7) is 4.40. The van der Waals surface area contributed by atoms with Crippen LogP contribution in [0.15, 0.2) is 224 Å². The number of anilines is 6. The number of fused-ring (bicyclic) bond motifs is 25. The first-order valence-electron chi connectivity index (χ1n) is 25.4. The topological polar surface area (TPSA) is 6.48 Å². The Morgan fingerprint density at radius 3 is 1.44 bits per heavy atom. The molecule has 0 radical (unpaired) electrons. The third-order valence-corrected chi connectivity index (χ3v) is 18.7. The molecule has 0 unspecified atom stereocenters. The van der Waals surface area contributed by atoms with Crippen molar-refractivity contribution in [1.82, 2.24) is 0 Å². The molecule has 4 heteroatoms. The van der Waals surface area contributed by atoms with E-state index >= 15 is 0 Å². The minimum absolute atomic E-state index is 0.0609. The quantitative estimate of drug-likeness (QED) is 0.159. The molecule has 11 aromatic rings. The average molecular weight is 931 g/mol. The van der Waals surface area contributed by atoms with Gasteiger partial charge in [0.05, 0.1) is 16.5 Å². The summed E-state index contributed by atoms with van der Waals surface area (Å²) < 4.78 is 1.40. The van der Waals surface area contributed by atoms with Crippen LogP contribution in [0, 0.1) is 13.8 Å². The molecule has 0 amide bonds. The summed E-state index contributed by atoms with van der Waals surface area (Å²) in [7, 11) is 0. The van der Waals surface area contributed by atoms with Gasteiger partial charge in [0, 0.05) is 43.7 Å². The van der Waals surface area contributed by atoms with Crippen molar-refractivity contribution >= 4 is 67.9 Å². The second-order valence-electron chi connectivity index (χ2n) is 20.7. The fraction of sp³-hybridized carbons (Fsp3) is 0.0588. The summed E-state index contributed by atoms with van der Waals surface area (Å²) in [4.78, 5) is 6.65. The lowest BCUT2D eigenvalue weighted by atomic mass is 9.36. The molecule has 6 aliphatic rings. The average Bonchev–Trinajstić information content (AvgIpc) is 4.19. The van der Waals surface area contributed by atoms with Crippen LogP contribution in [0.2, 0.25) is 0 Å². The first-order valence-corrected chi connectivity index (χ1v) is 26.2. The SMILES string of the molecule is Cc1ccc(N2c3cccc4c3B(c3cc5c(cc3N4c3ccccc3)-c3ccccc3C53c4ccccc4-c4ccccc43)c3sc4c(c32)-c2ccc(C)cc2C42c3ccccc3-c3ccccc32)cc1. The summed E-state index contributed by atoms with van der Waals surface area (Å²) in [5.41, 5.74) is 31.9. The zero-order chi connectivity index (χ0) is 47.2. The summed E-state index contributed by atoms with van der Waals surface area (Å²) in [6, 6.07) is 86.2. The maximum Gasteiger partial charge on any atom is 0.264 e. The molecule has 334 valence electrons. The predicted molar refractivity (Wildman–Crippen MR) is 300 cm³/mol. The van der Waals surface area contributed by atoms with Gasteiger partial charge in [0.2, 0.25) is 0 Å². The third-order valence-electron chi connectivity index (χ3n) is 17.4. The summed E-state index contributed by atoms with van der Waals surface area (Å²) in [6.07, 6.45) is 0. The molecular formula is C68H43BN2S. The molecule has 0 N–H and O–H groups in total. The molecule has 2 aliphatic heterocycles. The molecule has 72 heavy (non-hydrogen) atoms. The van der Waals surface area contributed by atoms with Gasteiger partial charge in [0.15, 0.2) is 0 Å². The Kier molecular flexibility index (Phi) is 7.48. The molecule has 1 aromatic heterocycles. The van der Waals surface area contributed by atoms with Crippen molar-refractivity contribution in [3.05, 3.63) is 279 Å². The van der Waals surface area contributed by atoms with Crippen molar-refractivity contribution in [2.24, 2.45) is 0 Å². The van der Waals surface area contributed by atoms with Crippen LogP contribution in [-0.4, -0.2) is 6.71 Å². The van der Waals surface area contributed by atoms with Crippen LogP contribution in [0.3, 0.4) is 0 Å². The standard InChI is InChI=1S/C68H43BN2S/c1-40-31-34-43(35-32-40)71-60-30-16-29-59-63(60)69(66-64(71)62-49-36-33-41(2)37-56(49)68(65(62)72-66)54-27-14-8-21-46(54)47-22-9-15-28-55(47)68)58-39-57-50(38-61(58)70(59)42-17-4-3-5-18-42)48-23-10-13-26-53(48)67(57)51-24-11-6-19-44(51)45-20-7-12-25-52(45)67/h3-39H,1-2H3. The fourth-order valence-corrected chi connectivity index (χ4v) is 16.4. The number of hydrogen-bond acceptors (Lipinski definition) is 3. The number of rotatable bonds is 2. The van der Waals surface area contributed by atoms with E-state index in [0.717, 1.165) is 5.69 Å². The number of hydrogen-bond donors (Lipinski definition) is 0. The third kappa shape index (κ3) is 4.52. The first-order chi connectivity index (χ1) is 35.6. The van der Waals surface area contributed by atoms with Crippen LogP contribution in [-0.2, 0) is 10.8 Å². The highest BCUT2D eigenvalue weighted by Gasteiger charge is 2.58. The lowest BCUT2D eigenvalue weighted by Crippen LogP contribution is -2.60. The van der Waals surface area contributed by atoms with E-state index in [0.29, 0.717) is 0 Å². The molecule has 2 nitrogen and oxygen atoms in total. The van der Waals surface area contributed by atoms with Crippen LogP contribution in [0.25, 0.3) is 44.5 Å². The number of thiophene rings is 1. The van der Waals surface area contributed by atoms with Gasteiger partial charge in [-0.2, -0.15) is 0 Å². The van der Waals surface area contributed by atoms with Crippen molar-refractivity contribution in [1.29, 1.82) is 0 Å². The Labute approximate surface area is 423 Å². The van der Waals surface area contributed by atoms with Crippen molar-refractivity contribution < 1.29 is 0 Å². The van der Waals surface area contributed by atoms with Gasteiger partial charge in [-0.15, -0.1) is 11.3 Å². The Bertz CT molecular complexity index is 4130. The van der Waals surface area contributed by atoms with Crippen molar-refractivity contribution in [2.75, 3.05) is 9.80 Å². The monoisotopic (exact) mass is 930 g/mol. The number of para-hydroxylation sites is 1. The van der Waals surface area contributed by atoms with Gasteiger partial charge >= 0.3 is 0 Å². The Morgan fingerprint density at radius 2 is 0.847 bits per heavy atom. The number of benzene rings is 10. The molecule has 0 saturated heterocycles. The lowest BCUT2D eigenvalue weighted by molar-refractivity contribution is 0.794. The highest BCUT2D eigenvalue weighted by Crippen LogP contribution is 2.68. The molecule has 3 heterocycles. The highest BCUT2D eigenvalue weighted by atomic mass is 32.1. The molecule has 0 atom stereocenters. The van der Waals surface area contributed by atoms with Gasteiger partial charge in [-0.05, 0) is 145 Å². The molecule has 0 saturated carbocycles. The van der Waals surface area contributed by atoms with Gasteiger partial charge in [0.25, 0.3) is 6.71 Å². The van der Waals surface area contributed by atoms with E-state index in [4.69, 9.17) is 0 Å². The summed E-state index contributed by atoms with van der Waals surface area (Å²) in [5.74, 6) is 0. The van der Waals surface area contributed by atoms with Crippen LogP contribution in [0.5, 0.6) is 0 Å². The largest absolute Gasteiger partial charge is 0.311 e. The van der Waals surface area contributed by atoms with E-state index in [1.165, 1.54) is 144 Å². The predicted octanol–water partition coefficient (Wildman–Crippen LogP) is 15.1. The first kappa shape index (κ1) is 39.3. The van der Waals surface area contributed by atoms with Crippen LogP contribution in [0.1, 0.15) is 54.9 Å². The van der Waals surface area contributed by atoms with Crippen molar-refractivity contribution in [3.8, 4) is 44.5 Å². The van der Waals surface area contributed by atoms with Crippen molar-refractivity contribution in [3.63, 3.8) is 0 Å². The van der Waals surface area contributed by atoms with Gasteiger partial charge in [0.1, 0.15) is 0 Å². The molecule has 0 bridgehead atoms. The van der Waals surface area contributed by atoms with E-state index < -0.39 is 10.8 Å². The smallest absolute Gasteiger partial charge is 0.264 e. The minimum atomic E-state index is -0.480. The molecule has 2 spiro atoms.